The minimum atomic E-state index is -1.26. The number of carboxylic acid groups (broad SMARTS) is 2. The van der Waals surface area contributed by atoms with Crippen LogP contribution in [0.5, 0.6) is 11.5 Å². The topological polar surface area (TPSA) is 113 Å². The Balaban J connectivity index is 0.000000235. The number of hydrogen-bond acceptors (Lipinski definition) is 6. The molecular formula is C22H25NO7. The summed E-state index contributed by atoms with van der Waals surface area (Å²) in [7, 11) is 3.91. The number of carboxylic acids is 2. The van der Waals surface area contributed by atoms with E-state index in [4.69, 9.17) is 19.7 Å². The fourth-order valence-electron chi connectivity index (χ4n) is 5.81. The third-order valence-electron chi connectivity index (χ3n) is 6.96. The van der Waals surface area contributed by atoms with Gasteiger partial charge in [-0.1, -0.05) is 6.07 Å². The molecule has 5 rings (SSSR count). The number of carbonyl (C=O) groups excluding carboxylic acids is 1. The Morgan fingerprint density at radius 2 is 1.97 bits per heavy atom. The van der Waals surface area contributed by atoms with Crippen LogP contribution in [0.2, 0.25) is 0 Å². The fraction of sp³-hybridized carbons (Fsp3) is 0.500. The highest BCUT2D eigenvalue weighted by molar-refractivity contribution is 5.90. The van der Waals surface area contributed by atoms with Crippen LogP contribution in [0.1, 0.15) is 30.4 Å². The number of aliphatic carboxylic acids is 2. The van der Waals surface area contributed by atoms with Gasteiger partial charge in [0.05, 0.1) is 7.11 Å². The number of carbonyl (C=O) groups is 3. The number of rotatable bonds is 3. The second-order valence-corrected chi connectivity index (χ2v) is 8.29. The van der Waals surface area contributed by atoms with Gasteiger partial charge in [0.2, 0.25) is 0 Å². The van der Waals surface area contributed by atoms with E-state index in [0.717, 1.165) is 37.3 Å². The molecule has 1 saturated carbocycles. The molecule has 160 valence electrons. The number of hydrogen-bond donors (Lipinski definition) is 2. The Hall–Kier alpha value is -2.87. The second kappa shape index (κ2) is 7.43. The van der Waals surface area contributed by atoms with E-state index >= 15 is 0 Å². The van der Waals surface area contributed by atoms with Gasteiger partial charge in [-0.05, 0) is 50.4 Å². The van der Waals surface area contributed by atoms with E-state index in [1.807, 2.05) is 6.07 Å². The molecule has 8 nitrogen and oxygen atoms in total. The van der Waals surface area contributed by atoms with Crippen molar-refractivity contribution in [3.63, 3.8) is 0 Å². The molecule has 2 aliphatic carbocycles. The highest BCUT2D eigenvalue weighted by Gasteiger charge is 2.65. The van der Waals surface area contributed by atoms with Crippen LogP contribution in [0.4, 0.5) is 0 Å². The van der Waals surface area contributed by atoms with E-state index in [-0.39, 0.29) is 17.3 Å². The van der Waals surface area contributed by atoms with Crippen molar-refractivity contribution in [2.45, 2.75) is 43.2 Å². The summed E-state index contributed by atoms with van der Waals surface area (Å²) in [5.74, 6) is -0.0556. The predicted octanol–water partition coefficient (Wildman–Crippen LogP) is 1.65. The first kappa shape index (κ1) is 20.4. The Kier molecular flexibility index (Phi) is 5.05. The van der Waals surface area contributed by atoms with E-state index < -0.39 is 11.9 Å². The molecule has 0 amide bonds. The lowest BCUT2D eigenvalue weighted by Crippen LogP contribution is -2.65. The summed E-state index contributed by atoms with van der Waals surface area (Å²) in [6, 6.07) is 4.73. The van der Waals surface area contributed by atoms with Crippen LogP contribution in [0.25, 0.3) is 0 Å². The van der Waals surface area contributed by atoms with Crippen LogP contribution in [0.15, 0.2) is 24.3 Å². The van der Waals surface area contributed by atoms with Crippen molar-refractivity contribution >= 4 is 17.7 Å². The quantitative estimate of drug-likeness (QED) is 0.717. The van der Waals surface area contributed by atoms with Crippen molar-refractivity contribution in [2.75, 3.05) is 20.7 Å². The normalized spacial score (nSPS) is 30.7. The number of ketones is 1. The number of Topliss-reactive ketones (excluding diaryl/α,β-unsaturated/α-hetero) is 1. The third kappa shape index (κ3) is 2.98. The zero-order valence-corrected chi connectivity index (χ0v) is 17.0. The van der Waals surface area contributed by atoms with Crippen molar-refractivity contribution in [3.8, 4) is 11.5 Å². The molecule has 2 heterocycles. The van der Waals surface area contributed by atoms with Crippen LogP contribution in [-0.4, -0.2) is 65.7 Å². The molecule has 0 aromatic heterocycles. The van der Waals surface area contributed by atoms with Crippen LogP contribution in [0.3, 0.4) is 0 Å². The Bertz CT molecular complexity index is 924. The average molecular weight is 415 g/mol. The molecule has 30 heavy (non-hydrogen) atoms. The summed E-state index contributed by atoms with van der Waals surface area (Å²) in [6.07, 6.45) is 4.59. The zero-order chi connectivity index (χ0) is 21.6. The van der Waals surface area contributed by atoms with Gasteiger partial charge in [-0.25, -0.2) is 9.59 Å². The summed E-state index contributed by atoms with van der Waals surface area (Å²) in [4.78, 5) is 34.2. The van der Waals surface area contributed by atoms with Gasteiger partial charge in [-0.2, -0.15) is 0 Å². The van der Waals surface area contributed by atoms with Gasteiger partial charge in [0.15, 0.2) is 23.4 Å². The highest BCUT2D eigenvalue weighted by atomic mass is 16.5. The van der Waals surface area contributed by atoms with Crippen LogP contribution < -0.4 is 9.47 Å². The molecule has 2 bridgehead atoms. The number of likely N-dealkylation sites (N-methyl/N-ethyl adjacent to an activating group) is 1. The van der Waals surface area contributed by atoms with E-state index in [2.05, 4.69) is 18.0 Å². The molecule has 1 spiro atoms. The predicted molar refractivity (Wildman–Crippen MR) is 106 cm³/mol. The summed E-state index contributed by atoms with van der Waals surface area (Å²) in [6.45, 7) is 1.05. The van der Waals surface area contributed by atoms with E-state index in [1.165, 1.54) is 11.1 Å². The molecule has 4 aliphatic rings. The molecule has 4 atom stereocenters. The Morgan fingerprint density at radius 3 is 2.60 bits per heavy atom. The lowest BCUT2D eigenvalue weighted by molar-refractivity contribution is -0.138. The number of nitrogens with zero attached hydrogens (tertiary/aromatic N) is 1. The minimum absolute atomic E-state index is 0.0933. The van der Waals surface area contributed by atoms with E-state index in [1.54, 1.807) is 7.11 Å². The van der Waals surface area contributed by atoms with Gasteiger partial charge in [0.25, 0.3) is 0 Å². The van der Waals surface area contributed by atoms with Crippen LogP contribution in [-0.2, 0) is 26.2 Å². The van der Waals surface area contributed by atoms with Crippen molar-refractivity contribution in [2.24, 2.45) is 5.92 Å². The summed E-state index contributed by atoms with van der Waals surface area (Å²) in [5.41, 5.74) is 2.57. The molecule has 0 unspecified atom stereocenters. The minimum Gasteiger partial charge on any atom is -0.493 e. The second-order valence-electron chi connectivity index (χ2n) is 8.29. The maximum absolute atomic E-state index is 12.6. The number of ether oxygens (including phenoxy) is 2. The first-order chi connectivity index (χ1) is 14.3. The summed E-state index contributed by atoms with van der Waals surface area (Å²) >= 11 is 0. The average Bonchev–Trinajstić information content (AvgIpc) is 3.06. The maximum atomic E-state index is 12.6. The molecule has 1 aromatic rings. The number of piperidine rings is 1. The van der Waals surface area contributed by atoms with Crippen LogP contribution in [0, 0.1) is 5.92 Å². The van der Waals surface area contributed by atoms with Crippen LogP contribution >= 0.6 is 0 Å². The molecule has 1 saturated heterocycles. The van der Waals surface area contributed by atoms with Gasteiger partial charge in [-0.15, -0.1) is 0 Å². The van der Waals surface area contributed by atoms with Gasteiger partial charge >= 0.3 is 11.9 Å². The maximum Gasteiger partial charge on any atom is 0.328 e. The SMILES string of the molecule is COc1ccc2c3c1O[C@H]1C(=O)CC[C@H]4[C@@H](C2)N(C)CC[C@]314.O=C(O)/C=C\C(=O)O. The van der Waals surface area contributed by atoms with Crippen molar-refractivity contribution < 1.29 is 34.1 Å². The molecule has 2 aliphatic heterocycles. The first-order valence-electron chi connectivity index (χ1n) is 10.0. The van der Waals surface area contributed by atoms with E-state index in [9.17, 15) is 14.4 Å². The van der Waals surface area contributed by atoms with E-state index in [0.29, 0.717) is 30.5 Å². The lowest BCUT2D eigenvalue weighted by atomic mass is 9.52. The lowest BCUT2D eigenvalue weighted by Gasteiger charge is -2.57. The molecule has 8 heteroatoms. The van der Waals surface area contributed by atoms with Gasteiger partial charge in [-0.3, -0.25) is 4.79 Å². The largest absolute Gasteiger partial charge is 0.493 e. The molecule has 1 aromatic carbocycles. The summed E-state index contributed by atoms with van der Waals surface area (Å²) < 4.78 is 11.8. The fourth-order valence-corrected chi connectivity index (χ4v) is 5.81. The number of benzene rings is 1. The zero-order valence-electron chi connectivity index (χ0n) is 17.0. The Morgan fingerprint density at radius 1 is 1.27 bits per heavy atom. The third-order valence-corrected chi connectivity index (χ3v) is 6.96. The van der Waals surface area contributed by atoms with Gasteiger partial charge in [0, 0.05) is 35.6 Å². The number of methoxy groups -OCH3 is 1. The monoisotopic (exact) mass is 415 g/mol. The standard InChI is InChI=1S/C18H21NO3.C4H4O4/c1-19-8-7-18-11-4-5-13(20)17(18)22-16-14(21-2)6-3-10(15(16)18)9-12(11)19;5-3(6)1-2-4(7)8/h3,6,11-12,17H,4-5,7-9H2,1-2H3;1-2H,(H,5,6)(H,7,8)/b;2-1-/t11-,12+,17-,18-;/m0./s1. The number of likely N-dealkylation sites (tertiary alicyclic amines) is 1. The smallest absolute Gasteiger partial charge is 0.328 e. The molecule has 0 radical (unpaired) electrons. The van der Waals surface area contributed by atoms with Gasteiger partial charge in [0.1, 0.15) is 0 Å². The van der Waals surface area contributed by atoms with Crippen molar-refractivity contribution in [3.05, 3.63) is 35.4 Å². The van der Waals surface area contributed by atoms with Crippen molar-refractivity contribution in [1.82, 2.24) is 4.90 Å². The summed E-state index contributed by atoms with van der Waals surface area (Å²) in [5, 5.41) is 15.6. The highest BCUT2D eigenvalue weighted by Crippen LogP contribution is 2.63. The van der Waals surface area contributed by atoms with Crippen molar-refractivity contribution in [1.29, 1.82) is 0 Å². The van der Waals surface area contributed by atoms with Gasteiger partial charge < -0.3 is 24.6 Å². The molecule has 2 N–H and O–H groups in total. The Labute approximate surface area is 174 Å². The molecule has 2 fully saturated rings. The molecular weight excluding hydrogens is 390 g/mol. The first-order valence-corrected chi connectivity index (χ1v) is 10.0.